The molecule has 0 aromatic heterocycles. The molecule has 1 atom stereocenters. The van der Waals surface area contributed by atoms with Crippen molar-refractivity contribution in [2.24, 2.45) is 0 Å². The highest BCUT2D eigenvalue weighted by Gasteiger charge is 2.32. The number of thioether (sulfide) groups is 1. The summed E-state index contributed by atoms with van der Waals surface area (Å²) in [7, 11) is 1.34. The van der Waals surface area contributed by atoms with Gasteiger partial charge in [-0.25, -0.2) is 0 Å². The highest BCUT2D eigenvalue weighted by molar-refractivity contribution is 8.00. The zero-order valence-electron chi connectivity index (χ0n) is 13.5. The lowest BCUT2D eigenvalue weighted by molar-refractivity contribution is -0.140. The van der Waals surface area contributed by atoms with Crippen molar-refractivity contribution >= 4 is 29.3 Å². The van der Waals surface area contributed by atoms with Gasteiger partial charge in [0.1, 0.15) is 6.54 Å². The summed E-state index contributed by atoms with van der Waals surface area (Å²) in [4.78, 5) is 27.5. The number of carbonyl (C=O) groups is 2. The molecule has 0 aliphatic carbocycles. The van der Waals surface area contributed by atoms with Gasteiger partial charge in [0.25, 0.3) is 0 Å². The predicted octanol–water partition coefficient (Wildman–Crippen LogP) is 3.30. The fourth-order valence-corrected chi connectivity index (χ4v) is 3.92. The zero-order chi connectivity index (χ0) is 16.9. The van der Waals surface area contributed by atoms with E-state index in [1.165, 1.54) is 7.11 Å². The second-order valence-corrected chi connectivity index (χ2v) is 6.86. The Morgan fingerprint density at radius 2 is 1.88 bits per heavy atom. The van der Waals surface area contributed by atoms with Gasteiger partial charge in [0, 0.05) is 10.6 Å². The van der Waals surface area contributed by atoms with Crippen LogP contribution in [0.5, 0.6) is 0 Å². The van der Waals surface area contributed by atoms with Gasteiger partial charge in [0.2, 0.25) is 5.91 Å². The van der Waals surface area contributed by atoms with E-state index < -0.39 is 5.97 Å². The monoisotopic (exact) mass is 341 g/mol. The number of hydrogen-bond donors (Lipinski definition) is 0. The van der Waals surface area contributed by atoms with Crippen LogP contribution in [-0.2, 0) is 20.7 Å². The van der Waals surface area contributed by atoms with Crippen LogP contribution in [0.4, 0.5) is 5.69 Å². The third-order valence-corrected chi connectivity index (χ3v) is 5.30. The first-order chi connectivity index (χ1) is 11.7. The number of methoxy groups -OCH3 is 1. The third kappa shape index (κ3) is 3.62. The molecule has 1 heterocycles. The lowest BCUT2D eigenvalue weighted by Gasteiger charge is -2.24. The molecule has 4 nitrogen and oxygen atoms in total. The summed E-state index contributed by atoms with van der Waals surface area (Å²) < 4.78 is 4.77. The molecule has 0 fully saturated rings. The molecule has 1 unspecified atom stereocenters. The molecule has 0 spiro atoms. The number of rotatable bonds is 4. The van der Waals surface area contributed by atoms with Crippen molar-refractivity contribution in [2.75, 3.05) is 18.6 Å². The number of hydrogen-bond acceptors (Lipinski definition) is 4. The van der Waals surface area contributed by atoms with Gasteiger partial charge >= 0.3 is 5.97 Å². The van der Waals surface area contributed by atoms with Gasteiger partial charge in [0.15, 0.2) is 0 Å². The van der Waals surface area contributed by atoms with Gasteiger partial charge in [-0.15, -0.1) is 11.8 Å². The molecular formula is C19H19NO3S. The van der Waals surface area contributed by atoms with E-state index in [0.717, 1.165) is 29.0 Å². The number of para-hydroxylation sites is 1. The fraction of sp³-hybridized carbons (Fsp3) is 0.263. The Balaban J connectivity index is 1.90. The van der Waals surface area contributed by atoms with Crippen molar-refractivity contribution in [2.45, 2.75) is 23.0 Å². The van der Waals surface area contributed by atoms with Gasteiger partial charge in [0.05, 0.1) is 12.4 Å². The summed E-state index contributed by atoms with van der Waals surface area (Å²) in [6.07, 6.45) is 1.55. The largest absolute Gasteiger partial charge is 0.468 e. The Morgan fingerprint density at radius 3 is 2.62 bits per heavy atom. The SMILES string of the molecule is COC(=O)CN1C(=O)C(Sc2ccccc2)CCc2ccccc21. The molecule has 1 aliphatic heterocycles. The molecule has 1 amide bonds. The van der Waals surface area contributed by atoms with Gasteiger partial charge in [-0.3, -0.25) is 14.5 Å². The maximum atomic E-state index is 13.1. The summed E-state index contributed by atoms with van der Waals surface area (Å²) in [5.41, 5.74) is 1.90. The summed E-state index contributed by atoms with van der Waals surface area (Å²) in [6, 6.07) is 17.6. The number of esters is 1. The first-order valence-electron chi connectivity index (χ1n) is 7.87. The topological polar surface area (TPSA) is 46.6 Å². The van der Waals surface area contributed by atoms with E-state index >= 15 is 0 Å². The first kappa shape index (κ1) is 16.6. The minimum atomic E-state index is -0.413. The summed E-state index contributed by atoms with van der Waals surface area (Å²) in [6.45, 7) is -0.0573. The normalized spacial score (nSPS) is 17.1. The minimum Gasteiger partial charge on any atom is -0.468 e. The average Bonchev–Trinajstić information content (AvgIpc) is 2.75. The van der Waals surface area contributed by atoms with Crippen molar-refractivity contribution < 1.29 is 14.3 Å². The zero-order valence-corrected chi connectivity index (χ0v) is 14.3. The maximum absolute atomic E-state index is 13.1. The summed E-state index contributed by atoms with van der Waals surface area (Å²) in [5.74, 6) is -0.456. The van der Waals surface area contributed by atoms with E-state index in [0.29, 0.717) is 0 Å². The number of carbonyl (C=O) groups excluding carboxylic acids is 2. The van der Waals surface area contributed by atoms with E-state index in [1.54, 1.807) is 16.7 Å². The van der Waals surface area contributed by atoms with Crippen LogP contribution in [0.1, 0.15) is 12.0 Å². The third-order valence-electron chi connectivity index (χ3n) is 4.04. The lowest BCUT2D eigenvalue weighted by Crippen LogP contribution is -2.40. The molecule has 3 rings (SSSR count). The molecule has 1 aliphatic rings. The van der Waals surface area contributed by atoms with E-state index in [4.69, 9.17) is 4.74 Å². The summed E-state index contributed by atoms with van der Waals surface area (Å²) >= 11 is 1.55. The van der Waals surface area contributed by atoms with E-state index in [1.807, 2.05) is 54.6 Å². The number of ether oxygens (including phenoxy) is 1. The number of fused-ring (bicyclic) bond motifs is 1. The Labute approximate surface area is 145 Å². The molecule has 0 bridgehead atoms. The maximum Gasteiger partial charge on any atom is 0.325 e. The average molecular weight is 341 g/mol. The van der Waals surface area contributed by atoms with Crippen LogP contribution in [0.25, 0.3) is 0 Å². The number of aryl methyl sites for hydroxylation is 1. The minimum absolute atomic E-state index is 0.0424. The van der Waals surface area contributed by atoms with Gasteiger partial charge in [-0.05, 0) is 36.6 Å². The van der Waals surface area contributed by atoms with Gasteiger partial charge in [-0.2, -0.15) is 0 Å². The second-order valence-electron chi connectivity index (χ2n) is 5.59. The number of nitrogens with zero attached hydrogens (tertiary/aromatic N) is 1. The smallest absolute Gasteiger partial charge is 0.325 e. The first-order valence-corrected chi connectivity index (χ1v) is 8.75. The quantitative estimate of drug-likeness (QED) is 0.801. The predicted molar refractivity (Wildman–Crippen MR) is 95.2 cm³/mol. The molecule has 0 radical (unpaired) electrons. The van der Waals surface area contributed by atoms with Gasteiger partial charge < -0.3 is 4.74 Å². The molecular weight excluding hydrogens is 322 g/mol. The standard InChI is InChI=1S/C19H19NO3S/c1-23-18(21)13-20-16-10-6-5-7-14(16)11-12-17(19(20)22)24-15-8-3-2-4-9-15/h2-10,17H,11-13H2,1H3. The van der Waals surface area contributed by atoms with Crippen molar-refractivity contribution in [1.29, 1.82) is 0 Å². The number of benzene rings is 2. The Kier molecular flexibility index (Phi) is 5.20. The van der Waals surface area contributed by atoms with Crippen LogP contribution < -0.4 is 4.90 Å². The van der Waals surface area contributed by atoms with Crippen LogP contribution in [0, 0.1) is 0 Å². The van der Waals surface area contributed by atoms with E-state index in [2.05, 4.69) is 0 Å². The highest BCUT2D eigenvalue weighted by Crippen LogP contribution is 2.34. The Bertz CT molecular complexity index is 732. The van der Waals surface area contributed by atoms with Crippen molar-refractivity contribution in [3.8, 4) is 0 Å². The Hall–Kier alpha value is -2.27. The van der Waals surface area contributed by atoms with Crippen LogP contribution >= 0.6 is 11.8 Å². The molecule has 0 saturated heterocycles. The van der Waals surface area contributed by atoms with Crippen molar-refractivity contribution in [3.05, 3.63) is 60.2 Å². The lowest BCUT2D eigenvalue weighted by atomic mass is 10.1. The molecule has 124 valence electrons. The number of amides is 1. The summed E-state index contributed by atoms with van der Waals surface area (Å²) in [5, 5.41) is -0.218. The van der Waals surface area contributed by atoms with Crippen LogP contribution in [0.3, 0.4) is 0 Å². The van der Waals surface area contributed by atoms with Crippen LogP contribution in [0.15, 0.2) is 59.5 Å². The van der Waals surface area contributed by atoms with Gasteiger partial charge in [-0.1, -0.05) is 36.4 Å². The highest BCUT2D eigenvalue weighted by atomic mass is 32.2. The molecule has 2 aromatic carbocycles. The second kappa shape index (κ2) is 7.53. The van der Waals surface area contributed by atoms with E-state index in [9.17, 15) is 9.59 Å². The molecule has 24 heavy (non-hydrogen) atoms. The van der Waals surface area contributed by atoms with Crippen LogP contribution in [0.2, 0.25) is 0 Å². The van der Waals surface area contributed by atoms with E-state index in [-0.39, 0.29) is 17.7 Å². The Morgan fingerprint density at radius 1 is 1.17 bits per heavy atom. The molecule has 2 aromatic rings. The molecule has 5 heteroatoms. The van der Waals surface area contributed by atoms with Crippen molar-refractivity contribution in [3.63, 3.8) is 0 Å². The molecule has 0 saturated carbocycles. The molecule has 0 N–H and O–H groups in total. The van der Waals surface area contributed by atoms with Crippen LogP contribution in [-0.4, -0.2) is 30.8 Å². The fourth-order valence-electron chi connectivity index (χ4n) is 2.82. The number of anilines is 1. The van der Waals surface area contributed by atoms with Crippen molar-refractivity contribution in [1.82, 2.24) is 0 Å².